The molecule has 5 heteroatoms. The third-order valence-corrected chi connectivity index (χ3v) is 4.88. The average Bonchev–Trinajstić information content (AvgIpc) is 2.98. The van der Waals surface area contributed by atoms with Crippen molar-refractivity contribution in [2.75, 3.05) is 7.05 Å². The SMILES string of the molecule is Cc1ccsc1CN(C)C(=O)C1CCCC1C(=O)O. The Morgan fingerprint density at radius 1 is 1.42 bits per heavy atom. The molecule has 1 N–H and O–H groups in total. The van der Waals surface area contributed by atoms with Crippen LogP contribution < -0.4 is 0 Å². The molecule has 0 aliphatic heterocycles. The van der Waals surface area contributed by atoms with Crippen LogP contribution in [0.25, 0.3) is 0 Å². The van der Waals surface area contributed by atoms with Crippen LogP contribution in [-0.4, -0.2) is 28.9 Å². The van der Waals surface area contributed by atoms with E-state index in [-0.39, 0.29) is 11.8 Å². The Labute approximate surface area is 117 Å². The van der Waals surface area contributed by atoms with E-state index in [1.165, 1.54) is 10.4 Å². The first-order valence-electron chi connectivity index (χ1n) is 6.51. The molecule has 104 valence electrons. The van der Waals surface area contributed by atoms with E-state index in [1.807, 2.05) is 18.4 Å². The highest BCUT2D eigenvalue weighted by Gasteiger charge is 2.39. The van der Waals surface area contributed by atoms with Crippen molar-refractivity contribution in [1.82, 2.24) is 4.90 Å². The summed E-state index contributed by atoms with van der Waals surface area (Å²) in [6.45, 7) is 2.60. The molecule has 1 heterocycles. The molecule has 1 amide bonds. The Kier molecular flexibility index (Phi) is 4.24. The molecule has 1 fully saturated rings. The highest BCUT2D eigenvalue weighted by atomic mass is 32.1. The molecule has 4 nitrogen and oxygen atoms in total. The summed E-state index contributed by atoms with van der Waals surface area (Å²) in [5.41, 5.74) is 1.19. The number of rotatable bonds is 4. The number of amides is 1. The predicted octanol–water partition coefficient (Wildman–Crippen LogP) is 2.52. The van der Waals surface area contributed by atoms with Gasteiger partial charge in [0, 0.05) is 11.9 Å². The minimum atomic E-state index is -0.837. The molecule has 2 atom stereocenters. The number of carbonyl (C=O) groups is 2. The molecule has 0 radical (unpaired) electrons. The van der Waals surface area contributed by atoms with Crippen LogP contribution in [0.3, 0.4) is 0 Å². The zero-order valence-corrected chi connectivity index (χ0v) is 12.1. The number of aryl methyl sites for hydroxylation is 1. The zero-order valence-electron chi connectivity index (χ0n) is 11.3. The van der Waals surface area contributed by atoms with Gasteiger partial charge in [0.2, 0.25) is 5.91 Å². The smallest absolute Gasteiger partial charge is 0.307 e. The van der Waals surface area contributed by atoms with E-state index >= 15 is 0 Å². The second-order valence-corrected chi connectivity index (χ2v) is 6.20. The molecule has 1 aromatic rings. The molecule has 0 saturated heterocycles. The molecule has 0 spiro atoms. The molecule has 0 bridgehead atoms. The normalized spacial score (nSPS) is 22.4. The number of hydrogen-bond acceptors (Lipinski definition) is 3. The fourth-order valence-electron chi connectivity index (χ4n) is 2.69. The van der Waals surface area contributed by atoms with Crippen LogP contribution in [0.15, 0.2) is 11.4 Å². The first kappa shape index (κ1) is 14.1. The highest BCUT2D eigenvalue weighted by Crippen LogP contribution is 2.33. The third kappa shape index (κ3) is 2.97. The Bertz CT molecular complexity index is 483. The quantitative estimate of drug-likeness (QED) is 0.922. The Morgan fingerprint density at radius 3 is 2.68 bits per heavy atom. The average molecular weight is 281 g/mol. The maximum absolute atomic E-state index is 12.4. The summed E-state index contributed by atoms with van der Waals surface area (Å²) in [6, 6.07) is 2.04. The van der Waals surface area contributed by atoms with E-state index < -0.39 is 11.9 Å². The van der Waals surface area contributed by atoms with Gasteiger partial charge in [0.25, 0.3) is 0 Å². The van der Waals surface area contributed by atoms with E-state index in [0.717, 1.165) is 6.42 Å². The van der Waals surface area contributed by atoms with Gasteiger partial charge in [0.1, 0.15) is 0 Å². The number of hydrogen-bond donors (Lipinski definition) is 1. The maximum Gasteiger partial charge on any atom is 0.307 e. The summed E-state index contributed by atoms with van der Waals surface area (Å²) >= 11 is 1.63. The van der Waals surface area contributed by atoms with Crippen molar-refractivity contribution >= 4 is 23.2 Å². The first-order valence-corrected chi connectivity index (χ1v) is 7.39. The zero-order chi connectivity index (χ0) is 14.0. The van der Waals surface area contributed by atoms with Gasteiger partial charge in [-0.2, -0.15) is 0 Å². The fraction of sp³-hybridized carbons (Fsp3) is 0.571. The van der Waals surface area contributed by atoms with Crippen molar-refractivity contribution in [3.8, 4) is 0 Å². The molecule has 0 aromatic carbocycles. The fourth-order valence-corrected chi connectivity index (χ4v) is 3.65. The molecule has 2 unspecified atom stereocenters. The summed E-state index contributed by atoms with van der Waals surface area (Å²) in [4.78, 5) is 26.3. The van der Waals surface area contributed by atoms with Gasteiger partial charge in [-0.15, -0.1) is 11.3 Å². The number of nitrogens with zero attached hydrogens (tertiary/aromatic N) is 1. The van der Waals surface area contributed by atoms with E-state index in [4.69, 9.17) is 5.11 Å². The highest BCUT2D eigenvalue weighted by molar-refractivity contribution is 7.10. The van der Waals surface area contributed by atoms with Gasteiger partial charge in [-0.3, -0.25) is 9.59 Å². The number of carboxylic acid groups (broad SMARTS) is 1. The lowest BCUT2D eigenvalue weighted by atomic mass is 9.95. The molecule has 1 aromatic heterocycles. The first-order chi connectivity index (χ1) is 9.00. The van der Waals surface area contributed by atoms with Gasteiger partial charge in [0.15, 0.2) is 0 Å². The minimum Gasteiger partial charge on any atom is -0.481 e. The second kappa shape index (κ2) is 5.74. The Balaban J connectivity index is 2.03. The van der Waals surface area contributed by atoms with Gasteiger partial charge in [-0.05, 0) is 36.8 Å². The monoisotopic (exact) mass is 281 g/mol. The van der Waals surface area contributed by atoms with Gasteiger partial charge < -0.3 is 10.0 Å². The maximum atomic E-state index is 12.4. The summed E-state index contributed by atoms with van der Waals surface area (Å²) in [7, 11) is 1.76. The van der Waals surface area contributed by atoms with Crippen molar-refractivity contribution in [1.29, 1.82) is 0 Å². The largest absolute Gasteiger partial charge is 0.481 e. The molecule has 1 saturated carbocycles. The third-order valence-electron chi connectivity index (χ3n) is 3.88. The van der Waals surface area contributed by atoms with Crippen LogP contribution in [0, 0.1) is 18.8 Å². The summed E-state index contributed by atoms with van der Waals surface area (Å²) in [6.07, 6.45) is 2.15. The van der Waals surface area contributed by atoms with Gasteiger partial charge in [0.05, 0.1) is 18.4 Å². The number of carboxylic acids is 1. The van der Waals surface area contributed by atoms with Crippen LogP contribution >= 0.6 is 11.3 Å². The summed E-state index contributed by atoms with van der Waals surface area (Å²) in [5.74, 6) is -1.71. The lowest BCUT2D eigenvalue weighted by Crippen LogP contribution is -2.36. The Morgan fingerprint density at radius 2 is 2.11 bits per heavy atom. The van der Waals surface area contributed by atoms with E-state index in [2.05, 4.69) is 0 Å². The predicted molar refractivity (Wildman–Crippen MR) is 74.0 cm³/mol. The van der Waals surface area contributed by atoms with Gasteiger partial charge >= 0.3 is 5.97 Å². The number of thiophene rings is 1. The van der Waals surface area contributed by atoms with Gasteiger partial charge in [-0.1, -0.05) is 6.42 Å². The van der Waals surface area contributed by atoms with Crippen molar-refractivity contribution in [2.24, 2.45) is 11.8 Å². The van der Waals surface area contributed by atoms with Crippen LogP contribution in [0.1, 0.15) is 29.7 Å². The van der Waals surface area contributed by atoms with Crippen molar-refractivity contribution in [3.05, 3.63) is 21.9 Å². The lowest BCUT2D eigenvalue weighted by molar-refractivity contribution is -0.148. The van der Waals surface area contributed by atoms with Gasteiger partial charge in [-0.25, -0.2) is 0 Å². The van der Waals surface area contributed by atoms with E-state index in [0.29, 0.717) is 19.4 Å². The lowest BCUT2D eigenvalue weighted by Gasteiger charge is -2.23. The van der Waals surface area contributed by atoms with Crippen molar-refractivity contribution in [2.45, 2.75) is 32.7 Å². The van der Waals surface area contributed by atoms with Crippen LogP contribution in [0.4, 0.5) is 0 Å². The van der Waals surface area contributed by atoms with Crippen molar-refractivity contribution in [3.63, 3.8) is 0 Å². The van der Waals surface area contributed by atoms with Crippen LogP contribution in [-0.2, 0) is 16.1 Å². The standard InChI is InChI=1S/C14H19NO3S/c1-9-6-7-19-12(9)8-15(2)13(16)10-4-3-5-11(10)14(17)18/h6-7,10-11H,3-5,8H2,1-2H3,(H,17,18). The molecule has 1 aliphatic carbocycles. The van der Waals surface area contributed by atoms with Crippen LogP contribution in [0.2, 0.25) is 0 Å². The summed E-state index contributed by atoms with van der Waals surface area (Å²) in [5, 5.41) is 11.2. The van der Waals surface area contributed by atoms with Crippen molar-refractivity contribution < 1.29 is 14.7 Å². The van der Waals surface area contributed by atoms with E-state index in [1.54, 1.807) is 23.3 Å². The topological polar surface area (TPSA) is 57.6 Å². The summed E-state index contributed by atoms with van der Waals surface area (Å²) < 4.78 is 0. The van der Waals surface area contributed by atoms with Crippen LogP contribution in [0.5, 0.6) is 0 Å². The number of carbonyl (C=O) groups excluding carboxylic acids is 1. The number of aliphatic carboxylic acids is 1. The molecule has 2 rings (SSSR count). The molecular weight excluding hydrogens is 262 g/mol. The molecular formula is C14H19NO3S. The molecule has 1 aliphatic rings. The Hall–Kier alpha value is -1.36. The molecule has 19 heavy (non-hydrogen) atoms. The second-order valence-electron chi connectivity index (χ2n) is 5.20. The van der Waals surface area contributed by atoms with E-state index in [9.17, 15) is 9.59 Å². The minimum absolute atomic E-state index is 0.0299.